The Morgan fingerprint density at radius 2 is 2.12 bits per heavy atom. The van der Waals surface area contributed by atoms with Crippen LogP contribution in [0, 0.1) is 23.7 Å². The first-order chi connectivity index (χ1) is 8.35. The molecular formula is C13H12N2O2. The third kappa shape index (κ3) is 2.50. The Morgan fingerprint density at radius 1 is 1.35 bits per heavy atom. The van der Waals surface area contributed by atoms with Gasteiger partial charge in [0.05, 0.1) is 12.6 Å². The summed E-state index contributed by atoms with van der Waals surface area (Å²) in [5.41, 5.74) is 0.826. The Balaban J connectivity index is 2.21. The monoisotopic (exact) mass is 228 g/mol. The predicted octanol–water partition coefficient (Wildman–Crippen LogP) is 1.25. The lowest BCUT2D eigenvalue weighted by atomic mass is 10.1. The van der Waals surface area contributed by atoms with E-state index in [2.05, 4.69) is 17.3 Å². The van der Waals surface area contributed by atoms with Gasteiger partial charge in [0, 0.05) is 0 Å². The van der Waals surface area contributed by atoms with Gasteiger partial charge in [-0.15, -0.1) is 6.42 Å². The van der Waals surface area contributed by atoms with Crippen molar-refractivity contribution in [1.29, 1.82) is 5.26 Å². The van der Waals surface area contributed by atoms with Crippen molar-refractivity contribution in [3.63, 3.8) is 0 Å². The molecule has 0 amide bonds. The number of fused-ring (bicyclic) bond motifs is 1. The number of nitriles is 1. The molecule has 1 aromatic carbocycles. The van der Waals surface area contributed by atoms with Gasteiger partial charge in [-0.3, -0.25) is 5.32 Å². The molecule has 1 aliphatic heterocycles. The zero-order valence-corrected chi connectivity index (χ0v) is 9.27. The van der Waals surface area contributed by atoms with Gasteiger partial charge in [0.1, 0.15) is 19.3 Å². The topological polar surface area (TPSA) is 54.3 Å². The van der Waals surface area contributed by atoms with Gasteiger partial charge in [0.2, 0.25) is 0 Å². The molecule has 1 N–H and O–H groups in total. The first kappa shape index (κ1) is 11.3. The van der Waals surface area contributed by atoms with Crippen molar-refractivity contribution in [1.82, 2.24) is 5.32 Å². The predicted molar refractivity (Wildman–Crippen MR) is 62.6 cm³/mol. The molecule has 4 nitrogen and oxygen atoms in total. The van der Waals surface area contributed by atoms with Gasteiger partial charge >= 0.3 is 0 Å². The zero-order chi connectivity index (χ0) is 12.1. The van der Waals surface area contributed by atoms with Crippen molar-refractivity contribution in [2.45, 2.75) is 6.04 Å². The van der Waals surface area contributed by atoms with Crippen LogP contribution in [0.2, 0.25) is 0 Å². The summed E-state index contributed by atoms with van der Waals surface area (Å²) in [7, 11) is 0. The molecule has 1 aromatic rings. The summed E-state index contributed by atoms with van der Waals surface area (Å²) in [4.78, 5) is 0. The van der Waals surface area contributed by atoms with Gasteiger partial charge in [-0.05, 0) is 17.7 Å². The Morgan fingerprint density at radius 3 is 2.82 bits per heavy atom. The molecule has 0 radical (unpaired) electrons. The second-order valence-corrected chi connectivity index (χ2v) is 3.55. The Kier molecular flexibility index (Phi) is 3.49. The van der Waals surface area contributed by atoms with Crippen LogP contribution >= 0.6 is 0 Å². The lowest BCUT2D eigenvalue weighted by molar-refractivity contribution is 0.171. The van der Waals surface area contributed by atoms with Crippen LogP contribution < -0.4 is 14.8 Å². The highest BCUT2D eigenvalue weighted by molar-refractivity contribution is 5.45. The van der Waals surface area contributed by atoms with Gasteiger partial charge in [-0.2, -0.15) is 5.26 Å². The molecule has 1 atom stereocenters. The van der Waals surface area contributed by atoms with Crippen molar-refractivity contribution in [3.05, 3.63) is 23.8 Å². The minimum absolute atomic E-state index is 0.354. The smallest absolute Gasteiger partial charge is 0.161 e. The molecule has 1 heterocycles. The van der Waals surface area contributed by atoms with E-state index in [1.807, 2.05) is 18.2 Å². The zero-order valence-electron chi connectivity index (χ0n) is 9.27. The molecule has 0 aromatic heterocycles. The maximum absolute atomic E-state index is 9.06. The van der Waals surface area contributed by atoms with E-state index < -0.39 is 6.04 Å². The number of ether oxygens (including phenoxy) is 2. The van der Waals surface area contributed by atoms with Crippen LogP contribution in [0.3, 0.4) is 0 Å². The second-order valence-electron chi connectivity index (χ2n) is 3.55. The average molecular weight is 228 g/mol. The molecule has 0 fully saturated rings. The average Bonchev–Trinajstić information content (AvgIpc) is 2.39. The highest BCUT2D eigenvalue weighted by atomic mass is 16.6. The molecule has 86 valence electrons. The van der Waals surface area contributed by atoms with Crippen molar-refractivity contribution in [2.75, 3.05) is 19.8 Å². The molecule has 0 bridgehead atoms. The van der Waals surface area contributed by atoms with Crippen molar-refractivity contribution >= 4 is 0 Å². The molecule has 17 heavy (non-hydrogen) atoms. The van der Waals surface area contributed by atoms with Crippen molar-refractivity contribution in [3.8, 4) is 29.9 Å². The van der Waals surface area contributed by atoms with Gasteiger partial charge < -0.3 is 9.47 Å². The maximum atomic E-state index is 9.06. The van der Waals surface area contributed by atoms with E-state index in [1.54, 1.807) is 0 Å². The molecular weight excluding hydrogens is 216 g/mol. The molecule has 0 saturated heterocycles. The SMILES string of the molecule is C#CCNC(C#N)c1ccc2c(c1)OCCO2. The molecule has 0 saturated carbocycles. The summed E-state index contributed by atoms with van der Waals surface area (Å²) >= 11 is 0. The van der Waals surface area contributed by atoms with E-state index in [-0.39, 0.29) is 0 Å². The summed E-state index contributed by atoms with van der Waals surface area (Å²) in [5, 5.41) is 12.0. The van der Waals surface area contributed by atoms with E-state index in [0.29, 0.717) is 31.3 Å². The van der Waals surface area contributed by atoms with Crippen LogP contribution in [0.25, 0.3) is 0 Å². The van der Waals surface area contributed by atoms with Crippen molar-refractivity contribution in [2.24, 2.45) is 0 Å². The van der Waals surface area contributed by atoms with E-state index >= 15 is 0 Å². The first-order valence-corrected chi connectivity index (χ1v) is 5.31. The second kappa shape index (κ2) is 5.25. The number of rotatable bonds is 3. The number of terminal acetylenes is 1. The molecule has 1 aliphatic rings. The van der Waals surface area contributed by atoms with Crippen LogP contribution in [0.15, 0.2) is 18.2 Å². The van der Waals surface area contributed by atoms with E-state index in [0.717, 1.165) is 5.56 Å². The van der Waals surface area contributed by atoms with Gasteiger partial charge in [-0.25, -0.2) is 0 Å². The largest absolute Gasteiger partial charge is 0.486 e. The number of nitrogens with zero attached hydrogens (tertiary/aromatic N) is 1. The van der Waals surface area contributed by atoms with Gasteiger partial charge in [-0.1, -0.05) is 12.0 Å². The third-order valence-corrected chi connectivity index (χ3v) is 2.44. The van der Waals surface area contributed by atoms with Crippen LogP contribution in [-0.2, 0) is 0 Å². The summed E-state index contributed by atoms with van der Waals surface area (Å²) in [6.45, 7) is 1.45. The van der Waals surface area contributed by atoms with E-state index in [9.17, 15) is 0 Å². The highest BCUT2D eigenvalue weighted by Crippen LogP contribution is 2.32. The summed E-state index contributed by atoms with van der Waals surface area (Å²) < 4.78 is 10.9. The number of hydrogen-bond acceptors (Lipinski definition) is 4. The molecule has 4 heteroatoms. The van der Waals surface area contributed by atoms with Gasteiger partial charge in [0.15, 0.2) is 11.5 Å². The van der Waals surface area contributed by atoms with E-state index in [4.69, 9.17) is 21.2 Å². The number of hydrogen-bond donors (Lipinski definition) is 1. The first-order valence-electron chi connectivity index (χ1n) is 5.31. The molecule has 1 unspecified atom stereocenters. The third-order valence-electron chi connectivity index (χ3n) is 2.44. The van der Waals surface area contributed by atoms with E-state index in [1.165, 1.54) is 0 Å². The maximum Gasteiger partial charge on any atom is 0.161 e. The standard InChI is InChI=1S/C13H12N2O2/c1-2-5-15-11(9-14)10-3-4-12-13(8-10)17-7-6-16-12/h1,3-4,8,11,15H,5-7H2. The number of nitrogens with one attached hydrogen (secondary N) is 1. The fraction of sp³-hybridized carbons (Fsp3) is 0.308. The molecule has 0 aliphatic carbocycles. The Labute approximate surface area is 100 Å². The quantitative estimate of drug-likeness (QED) is 0.791. The van der Waals surface area contributed by atoms with Crippen molar-refractivity contribution < 1.29 is 9.47 Å². The van der Waals surface area contributed by atoms with Crippen LogP contribution in [-0.4, -0.2) is 19.8 Å². The normalized spacial score (nSPS) is 14.5. The van der Waals surface area contributed by atoms with Crippen LogP contribution in [0.4, 0.5) is 0 Å². The van der Waals surface area contributed by atoms with Crippen LogP contribution in [0.1, 0.15) is 11.6 Å². The molecule has 0 spiro atoms. The molecule has 2 rings (SSSR count). The lowest BCUT2D eigenvalue weighted by Gasteiger charge is -2.20. The Bertz CT molecular complexity index is 485. The van der Waals surface area contributed by atoms with Crippen LogP contribution in [0.5, 0.6) is 11.5 Å². The Hall–Kier alpha value is -2.17. The summed E-state index contributed by atoms with van der Waals surface area (Å²) in [5.74, 6) is 3.84. The highest BCUT2D eigenvalue weighted by Gasteiger charge is 2.15. The summed E-state index contributed by atoms with van der Waals surface area (Å²) in [6.07, 6.45) is 5.15. The number of benzene rings is 1. The fourth-order valence-electron chi connectivity index (χ4n) is 1.64. The summed E-state index contributed by atoms with van der Waals surface area (Å²) in [6, 6.07) is 7.19. The minimum Gasteiger partial charge on any atom is -0.486 e. The lowest BCUT2D eigenvalue weighted by Crippen LogP contribution is -2.21. The van der Waals surface area contributed by atoms with Gasteiger partial charge in [0.25, 0.3) is 0 Å². The minimum atomic E-state index is -0.429. The fourth-order valence-corrected chi connectivity index (χ4v) is 1.64.